The van der Waals surface area contributed by atoms with E-state index in [9.17, 15) is 19.5 Å². The highest BCUT2D eigenvalue weighted by Crippen LogP contribution is 2.38. The van der Waals surface area contributed by atoms with Crippen LogP contribution in [0.25, 0.3) is 0 Å². The van der Waals surface area contributed by atoms with E-state index in [0.717, 1.165) is 24.6 Å². The van der Waals surface area contributed by atoms with E-state index >= 15 is 0 Å². The summed E-state index contributed by atoms with van der Waals surface area (Å²) in [6.45, 7) is 0.318. The lowest BCUT2D eigenvalue weighted by Crippen LogP contribution is -2.22. The van der Waals surface area contributed by atoms with Crippen LogP contribution in [0.2, 0.25) is 0 Å². The molecule has 0 radical (unpaired) electrons. The number of pyridine rings is 1. The average molecular weight is 482 g/mol. The molecule has 0 saturated heterocycles. The molecule has 2 aromatic carbocycles. The predicted molar refractivity (Wildman–Crippen MR) is 127 cm³/mol. The van der Waals surface area contributed by atoms with Crippen LogP contribution in [0.4, 0.5) is 0 Å². The number of hydrogen-bond donors (Lipinski definition) is 2. The van der Waals surface area contributed by atoms with Crippen molar-refractivity contribution in [1.29, 1.82) is 0 Å². The van der Waals surface area contributed by atoms with Crippen LogP contribution in [0, 0.1) is 0 Å². The van der Waals surface area contributed by atoms with Gasteiger partial charge in [0.1, 0.15) is 22.8 Å². The lowest BCUT2D eigenvalue weighted by atomic mass is 9.87. The Bertz CT molecular complexity index is 1230. The number of nitrogens with one attached hydrogen (secondary N) is 1. The minimum atomic E-state index is -0.951. The maximum Gasteiger partial charge on any atom is 0.343 e. The molecule has 184 valence electrons. The van der Waals surface area contributed by atoms with Crippen LogP contribution in [0.1, 0.15) is 39.4 Å². The van der Waals surface area contributed by atoms with Crippen LogP contribution >= 0.6 is 0 Å². The molecular formula is C26H27NO8. The minimum Gasteiger partial charge on any atom is -0.506 e. The van der Waals surface area contributed by atoms with E-state index in [1.807, 2.05) is 24.3 Å². The SMILES string of the molecule is COC(=O)C[C@H](c1ccccc1OCCc1ccc(OC)cc1)c1c(O)c(C(=O)OC)c[nH]c1=O. The summed E-state index contributed by atoms with van der Waals surface area (Å²) < 4.78 is 20.7. The third kappa shape index (κ3) is 6.00. The smallest absolute Gasteiger partial charge is 0.343 e. The van der Waals surface area contributed by atoms with E-state index in [4.69, 9.17) is 14.2 Å². The summed E-state index contributed by atoms with van der Waals surface area (Å²) in [5.74, 6) is -1.77. The first kappa shape index (κ1) is 25.4. The number of hydrogen-bond acceptors (Lipinski definition) is 8. The molecule has 0 bridgehead atoms. The highest BCUT2D eigenvalue weighted by Gasteiger charge is 2.30. The fourth-order valence-electron chi connectivity index (χ4n) is 3.71. The normalized spacial score (nSPS) is 11.4. The lowest BCUT2D eigenvalue weighted by molar-refractivity contribution is -0.140. The van der Waals surface area contributed by atoms with Gasteiger partial charge in [0.2, 0.25) is 0 Å². The van der Waals surface area contributed by atoms with Gasteiger partial charge < -0.3 is 29.0 Å². The van der Waals surface area contributed by atoms with Gasteiger partial charge in [0.05, 0.1) is 39.9 Å². The Morgan fingerprint density at radius 3 is 2.37 bits per heavy atom. The molecule has 0 amide bonds. The number of carbonyl (C=O) groups excluding carboxylic acids is 2. The maximum absolute atomic E-state index is 12.8. The topological polar surface area (TPSA) is 124 Å². The molecule has 0 spiro atoms. The molecule has 0 aliphatic carbocycles. The number of methoxy groups -OCH3 is 3. The first-order chi connectivity index (χ1) is 16.9. The molecule has 1 heterocycles. The zero-order chi connectivity index (χ0) is 25.4. The highest BCUT2D eigenvalue weighted by molar-refractivity contribution is 5.92. The van der Waals surface area contributed by atoms with Crippen molar-refractivity contribution in [1.82, 2.24) is 4.98 Å². The Hall–Kier alpha value is -4.27. The number of H-pyrrole nitrogens is 1. The first-order valence-electron chi connectivity index (χ1n) is 10.8. The first-order valence-corrected chi connectivity index (χ1v) is 10.8. The number of rotatable bonds is 10. The van der Waals surface area contributed by atoms with Gasteiger partial charge in [-0.2, -0.15) is 0 Å². The van der Waals surface area contributed by atoms with E-state index in [-0.39, 0.29) is 17.5 Å². The number of ether oxygens (including phenoxy) is 4. The number of benzene rings is 2. The summed E-state index contributed by atoms with van der Waals surface area (Å²) in [4.78, 5) is 39.6. The molecule has 35 heavy (non-hydrogen) atoms. The van der Waals surface area contributed by atoms with Crippen molar-refractivity contribution in [2.75, 3.05) is 27.9 Å². The number of esters is 2. The van der Waals surface area contributed by atoms with Crippen molar-refractivity contribution in [2.45, 2.75) is 18.8 Å². The third-order valence-electron chi connectivity index (χ3n) is 5.56. The molecule has 0 unspecified atom stereocenters. The highest BCUT2D eigenvalue weighted by atomic mass is 16.5. The van der Waals surface area contributed by atoms with Crippen LogP contribution in [0.5, 0.6) is 17.2 Å². The second kappa shape index (κ2) is 11.7. The second-order valence-electron chi connectivity index (χ2n) is 7.60. The Kier molecular flexibility index (Phi) is 8.50. The molecule has 1 aromatic heterocycles. The lowest BCUT2D eigenvalue weighted by Gasteiger charge is -2.21. The van der Waals surface area contributed by atoms with Crippen molar-refractivity contribution >= 4 is 11.9 Å². The van der Waals surface area contributed by atoms with E-state index in [2.05, 4.69) is 9.72 Å². The summed E-state index contributed by atoms with van der Waals surface area (Å²) in [7, 11) is 3.99. The molecule has 0 aliphatic rings. The number of aromatic hydroxyl groups is 1. The van der Waals surface area contributed by atoms with Crippen molar-refractivity contribution in [3.05, 3.63) is 87.3 Å². The Morgan fingerprint density at radius 2 is 1.71 bits per heavy atom. The van der Waals surface area contributed by atoms with Crippen molar-refractivity contribution in [2.24, 2.45) is 0 Å². The van der Waals surface area contributed by atoms with Crippen LogP contribution in [-0.4, -0.2) is 50.0 Å². The van der Waals surface area contributed by atoms with Gasteiger partial charge in [0, 0.05) is 24.1 Å². The standard InChI is InChI=1S/C26H27NO8/c1-32-17-10-8-16(9-11-17)12-13-35-21-7-5-4-6-18(21)19(14-22(28)33-2)23-24(29)20(26(31)34-3)15-27-25(23)30/h4-11,15,19H,12-14H2,1-3H3,(H2,27,29,30)/t19-/m1/s1. The van der Waals surface area contributed by atoms with Gasteiger partial charge >= 0.3 is 11.9 Å². The number of para-hydroxylation sites is 1. The van der Waals surface area contributed by atoms with Crippen molar-refractivity contribution in [3.63, 3.8) is 0 Å². The van der Waals surface area contributed by atoms with Gasteiger partial charge in [-0.05, 0) is 23.8 Å². The summed E-state index contributed by atoms with van der Waals surface area (Å²) in [5, 5.41) is 10.8. The zero-order valence-electron chi connectivity index (χ0n) is 19.7. The average Bonchev–Trinajstić information content (AvgIpc) is 2.88. The molecular weight excluding hydrogens is 454 g/mol. The maximum atomic E-state index is 12.8. The fraction of sp³-hybridized carbons (Fsp3) is 0.269. The summed E-state index contributed by atoms with van der Waals surface area (Å²) in [6, 6.07) is 14.5. The number of aromatic nitrogens is 1. The van der Waals surface area contributed by atoms with Crippen LogP contribution in [0.15, 0.2) is 59.5 Å². The summed E-state index contributed by atoms with van der Waals surface area (Å²) in [6.07, 6.45) is 1.40. The van der Waals surface area contributed by atoms with Gasteiger partial charge in [-0.15, -0.1) is 0 Å². The zero-order valence-corrected chi connectivity index (χ0v) is 19.7. The fourth-order valence-corrected chi connectivity index (χ4v) is 3.71. The van der Waals surface area contributed by atoms with Crippen molar-refractivity contribution in [3.8, 4) is 17.2 Å². The minimum absolute atomic E-state index is 0.162. The number of aromatic amines is 1. The monoisotopic (exact) mass is 481 g/mol. The summed E-state index contributed by atoms with van der Waals surface area (Å²) >= 11 is 0. The van der Waals surface area contributed by atoms with Crippen LogP contribution in [-0.2, 0) is 20.7 Å². The predicted octanol–water partition coefficient (Wildman–Crippen LogP) is 3.19. The van der Waals surface area contributed by atoms with Crippen LogP contribution < -0.4 is 15.0 Å². The van der Waals surface area contributed by atoms with Crippen molar-refractivity contribution < 1.29 is 33.6 Å². The molecule has 0 aliphatic heterocycles. The molecule has 2 N–H and O–H groups in total. The number of carbonyl (C=O) groups is 2. The summed E-state index contributed by atoms with van der Waals surface area (Å²) in [5.41, 5.74) is 0.473. The molecule has 9 heteroatoms. The molecule has 3 rings (SSSR count). The molecule has 9 nitrogen and oxygen atoms in total. The molecule has 1 atom stereocenters. The largest absolute Gasteiger partial charge is 0.506 e. The van der Waals surface area contributed by atoms with E-state index < -0.39 is 29.2 Å². The van der Waals surface area contributed by atoms with E-state index in [1.54, 1.807) is 31.4 Å². The van der Waals surface area contributed by atoms with Gasteiger partial charge in [0.15, 0.2) is 0 Å². The third-order valence-corrected chi connectivity index (χ3v) is 5.56. The molecule has 0 saturated carbocycles. The van der Waals surface area contributed by atoms with Gasteiger partial charge in [-0.1, -0.05) is 30.3 Å². The Balaban J connectivity index is 1.96. The Morgan fingerprint density at radius 1 is 1.00 bits per heavy atom. The molecule has 0 fully saturated rings. The quantitative estimate of drug-likeness (QED) is 0.423. The van der Waals surface area contributed by atoms with Gasteiger partial charge in [0.25, 0.3) is 5.56 Å². The van der Waals surface area contributed by atoms with Gasteiger partial charge in [-0.3, -0.25) is 9.59 Å². The molecule has 3 aromatic rings. The van der Waals surface area contributed by atoms with E-state index in [0.29, 0.717) is 24.3 Å². The van der Waals surface area contributed by atoms with Gasteiger partial charge in [-0.25, -0.2) is 4.79 Å². The second-order valence-corrected chi connectivity index (χ2v) is 7.60. The van der Waals surface area contributed by atoms with E-state index in [1.165, 1.54) is 7.11 Å². The Labute approximate surface area is 202 Å². The van der Waals surface area contributed by atoms with Crippen LogP contribution in [0.3, 0.4) is 0 Å².